The van der Waals surface area contributed by atoms with E-state index in [9.17, 15) is 14.0 Å². The van der Waals surface area contributed by atoms with Crippen molar-refractivity contribution < 1.29 is 14.0 Å². The highest BCUT2D eigenvalue weighted by Gasteiger charge is 2.35. The maximum atomic E-state index is 13.6. The van der Waals surface area contributed by atoms with Crippen LogP contribution in [0.1, 0.15) is 23.0 Å². The Kier molecular flexibility index (Phi) is 4.55. The van der Waals surface area contributed by atoms with Crippen molar-refractivity contribution in [1.82, 2.24) is 9.88 Å². The zero-order chi connectivity index (χ0) is 19.8. The molecule has 28 heavy (non-hydrogen) atoms. The number of aromatic nitrogens is 1. The van der Waals surface area contributed by atoms with Gasteiger partial charge in [0.15, 0.2) is 0 Å². The molecule has 3 aromatic rings. The first kappa shape index (κ1) is 18.1. The van der Waals surface area contributed by atoms with Crippen LogP contribution >= 0.6 is 0 Å². The van der Waals surface area contributed by atoms with Gasteiger partial charge in [-0.25, -0.2) is 4.39 Å². The lowest BCUT2D eigenvalue weighted by atomic mass is 10.0. The van der Waals surface area contributed by atoms with Gasteiger partial charge >= 0.3 is 0 Å². The number of carbonyl (C=O) groups excluding carboxylic acids is 2. The molecule has 1 atom stereocenters. The van der Waals surface area contributed by atoms with Crippen LogP contribution in [0.25, 0.3) is 10.9 Å². The van der Waals surface area contributed by atoms with Crippen LogP contribution in [0, 0.1) is 12.7 Å². The van der Waals surface area contributed by atoms with Crippen molar-refractivity contribution in [2.45, 2.75) is 19.9 Å². The molecule has 0 aliphatic carbocycles. The molecular weight excluding hydrogens is 357 g/mol. The van der Waals surface area contributed by atoms with E-state index in [4.69, 9.17) is 0 Å². The summed E-state index contributed by atoms with van der Waals surface area (Å²) in [6, 6.07) is 14.7. The fourth-order valence-electron chi connectivity index (χ4n) is 3.68. The van der Waals surface area contributed by atoms with Gasteiger partial charge in [-0.15, -0.1) is 0 Å². The number of anilines is 1. The van der Waals surface area contributed by atoms with Crippen molar-refractivity contribution in [2.24, 2.45) is 0 Å². The van der Waals surface area contributed by atoms with Crippen molar-refractivity contribution in [3.63, 3.8) is 0 Å². The molecule has 0 spiro atoms. The predicted molar refractivity (Wildman–Crippen MR) is 106 cm³/mol. The molecule has 2 aromatic carbocycles. The van der Waals surface area contributed by atoms with Crippen LogP contribution in [-0.2, 0) is 4.79 Å². The lowest BCUT2D eigenvalue weighted by Crippen LogP contribution is -2.57. The molecule has 2 amide bonds. The molecule has 0 saturated carbocycles. The third kappa shape index (κ3) is 3.11. The molecule has 4 rings (SSSR count). The average Bonchev–Trinajstić information content (AvgIpc) is 2.69. The molecule has 1 fully saturated rings. The van der Waals surface area contributed by atoms with Gasteiger partial charge in [0.1, 0.15) is 11.9 Å². The zero-order valence-corrected chi connectivity index (χ0v) is 15.7. The van der Waals surface area contributed by atoms with Crippen molar-refractivity contribution in [2.75, 3.05) is 18.0 Å². The number of piperazine rings is 1. The second-order valence-corrected chi connectivity index (χ2v) is 6.97. The Hall–Kier alpha value is -3.28. The fourth-order valence-corrected chi connectivity index (χ4v) is 3.68. The van der Waals surface area contributed by atoms with Gasteiger partial charge < -0.3 is 9.80 Å². The first-order chi connectivity index (χ1) is 13.5. The number of aryl methyl sites for hydroxylation is 1. The van der Waals surface area contributed by atoms with Crippen LogP contribution in [0.15, 0.2) is 54.6 Å². The molecule has 142 valence electrons. The molecule has 1 unspecified atom stereocenters. The predicted octanol–water partition coefficient (Wildman–Crippen LogP) is 3.56. The third-order valence-corrected chi connectivity index (χ3v) is 5.11. The Balaban J connectivity index is 1.66. The van der Waals surface area contributed by atoms with E-state index in [0.717, 1.165) is 5.69 Å². The number of benzene rings is 2. The quantitative estimate of drug-likeness (QED) is 0.686. The molecule has 1 aliphatic rings. The van der Waals surface area contributed by atoms with Gasteiger partial charge in [-0.2, -0.15) is 0 Å². The van der Waals surface area contributed by atoms with E-state index in [1.165, 1.54) is 12.1 Å². The monoisotopic (exact) mass is 377 g/mol. The minimum atomic E-state index is -0.592. The number of halogens is 1. The summed E-state index contributed by atoms with van der Waals surface area (Å²) in [7, 11) is 0. The lowest BCUT2D eigenvalue weighted by Gasteiger charge is -2.39. The number of nitrogens with zero attached hydrogens (tertiary/aromatic N) is 3. The first-order valence-electron chi connectivity index (χ1n) is 9.20. The number of carbonyl (C=O) groups is 2. The van der Waals surface area contributed by atoms with E-state index in [0.29, 0.717) is 35.2 Å². The summed E-state index contributed by atoms with van der Waals surface area (Å²) in [6.07, 6.45) is 0. The van der Waals surface area contributed by atoms with Crippen LogP contribution in [0.5, 0.6) is 0 Å². The highest BCUT2D eigenvalue weighted by Crippen LogP contribution is 2.25. The Morgan fingerprint density at radius 1 is 1.11 bits per heavy atom. The van der Waals surface area contributed by atoms with Crippen molar-refractivity contribution in [3.05, 3.63) is 71.7 Å². The summed E-state index contributed by atoms with van der Waals surface area (Å²) in [5, 5.41) is 0.585. The summed E-state index contributed by atoms with van der Waals surface area (Å²) < 4.78 is 13.6. The number of para-hydroxylation sites is 1. The van der Waals surface area contributed by atoms with Gasteiger partial charge in [0.2, 0.25) is 5.91 Å². The Morgan fingerprint density at radius 3 is 2.61 bits per heavy atom. The number of amides is 2. The van der Waals surface area contributed by atoms with E-state index in [-0.39, 0.29) is 11.8 Å². The van der Waals surface area contributed by atoms with E-state index in [2.05, 4.69) is 4.98 Å². The Morgan fingerprint density at radius 2 is 1.86 bits per heavy atom. The van der Waals surface area contributed by atoms with Crippen LogP contribution in [0.2, 0.25) is 0 Å². The van der Waals surface area contributed by atoms with Crippen LogP contribution in [0.4, 0.5) is 10.1 Å². The topological polar surface area (TPSA) is 53.5 Å². The minimum absolute atomic E-state index is 0.119. The van der Waals surface area contributed by atoms with Crippen LogP contribution < -0.4 is 4.90 Å². The second kappa shape index (κ2) is 7.03. The number of pyridine rings is 1. The largest absolute Gasteiger partial charge is 0.325 e. The Bertz CT molecular complexity index is 1060. The lowest BCUT2D eigenvalue weighted by molar-refractivity contribution is -0.124. The zero-order valence-electron chi connectivity index (χ0n) is 15.7. The number of hydrogen-bond donors (Lipinski definition) is 0. The molecule has 6 heteroatoms. The van der Waals surface area contributed by atoms with Gasteiger partial charge in [0, 0.05) is 35.9 Å². The highest BCUT2D eigenvalue weighted by atomic mass is 19.1. The highest BCUT2D eigenvalue weighted by molar-refractivity contribution is 6.09. The number of rotatable bonds is 2. The summed E-state index contributed by atoms with van der Waals surface area (Å²) in [5.41, 5.74) is 2.33. The molecule has 0 N–H and O–H groups in total. The molecule has 0 radical (unpaired) electrons. The fraction of sp³-hybridized carbons (Fsp3) is 0.227. The number of fused-ring (bicyclic) bond motifs is 1. The maximum absolute atomic E-state index is 13.6. The van der Waals surface area contributed by atoms with E-state index < -0.39 is 11.9 Å². The third-order valence-electron chi connectivity index (χ3n) is 5.11. The van der Waals surface area contributed by atoms with Gasteiger partial charge in [0.25, 0.3) is 5.91 Å². The summed E-state index contributed by atoms with van der Waals surface area (Å²) in [5.74, 6) is -0.758. The first-order valence-corrected chi connectivity index (χ1v) is 9.20. The van der Waals surface area contributed by atoms with Crippen molar-refractivity contribution >= 4 is 28.4 Å². The average molecular weight is 377 g/mol. The van der Waals surface area contributed by atoms with E-state index in [1.807, 2.05) is 30.3 Å². The maximum Gasteiger partial charge on any atom is 0.255 e. The van der Waals surface area contributed by atoms with Crippen LogP contribution in [0.3, 0.4) is 0 Å². The minimum Gasteiger partial charge on any atom is -0.325 e. The smallest absolute Gasteiger partial charge is 0.255 e. The molecule has 1 aliphatic heterocycles. The van der Waals surface area contributed by atoms with Gasteiger partial charge in [-0.1, -0.05) is 18.2 Å². The second-order valence-electron chi connectivity index (χ2n) is 6.97. The van der Waals surface area contributed by atoms with E-state index >= 15 is 0 Å². The number of hydrogen-bond acceptors (Lipinski definition) is 3. The molecule has 1 aromatic heterocycles. The normalized spacial score (nSPS) is 17.2. The molecule has 1 saturated heterocycles. The van der Waals surface area contributed by atoms with Crippen molar-refractivity contribution in [1.29, 1.82) is 0 Å². The summed E-state index contributed by atoms with van der Waals surface area (Å²) >= 11 is 0. The van der Waals surface area contributed by atoms with Gasteiger partial charge in [-0.3, -0.25) is 14.6 Å². The standard InChI is InChI=1S/C22H20FN3O2/c1-14-12-19(18-9-8-16(23)13-20(18)24-14)22(28)25-10-11-26(21(27)15(25)2)17-6-4-3-5-7-17/h3-9,12-13,15H,10-11H2,1-2H3. The van der Waals surface area contributed by atoms with Gasteiger partial charge in [-0.05, 0) is 44.2 Å². The molecular formula is C22H20FN3O2. The van der Waals surface area contributed by atoms with E-state index in [1.54, 1.807) is 35.8 Å². The van der Waals surface area contributed by atoms with Crippen molar-refractivity contribution in [3.8, 4) is 0 Å². The molecule has 2 heterocycles. The molecule has 5 nitrogen and oxygen atoms in total. The van der Waals surface area contributed by atoms with Gasteiger partial charge in [0.05, 0.1) is 11.1 Å². The van der Waals surface area contributed by atoms with Crippen LogP contribution in [-0.4, -0.2) is 40.8 Å². The summed E-state index contributed by atoms with van der Waals surface area (Å²) in [4.78, 5) is 33.8. The SMILES string of the molecule is Cc1cc(C(=O)N2CCN(c3ccccc3)C(=O)C2C)c2ccc(F)cc2n1. The molecule has 0 bridgehead atoms. The summed E-state index contributed by atoms with van der Waals surface area (Å²) in [6.45, 7) is 4.36. The Labute approximate surface area is 162 Å².